The van der Waals surface area contributed by atoms with E-state index in [0.717, 1.165) is 11.1 Å². The van der Waals surface area contributed by atoms with Crippen molar-refractivity contribution in [3.05, 3.63) is 59.7 Å². The minimum Gasteiger partial charge on any atom is -0.122 e. The van der Waals surface area contributed by atoms with Crippen LogP contribution in [-0.4, -0.2) is 0 Å². The number of rotatable bonds is 3. The van der Waals surface area contributed by atoms with Gasteiger partial charge in [-0.2, -0.15) is 0 Å². The Morgan fingerprint density at radius 2 is 1.62 bits per heavy atom. The molecule has 0 aliphatic rings. The highest BCUT2D eigenvalue weighted by atomic mass is 35.5. The van der Waals surface area contributed by atoms with Crippen molar-refractivity contribution in [2.24, 2.45) is 0 Å². The standard InChI is InChI=1S/C14H12Cl2/c15-9-11-4-3-6-12(8-11)14-7-2-1-5-13(14)10-16/h1-8H,9-10H2. The van der Waals surface area contributed by atoms with Crippen molar-refractivity contribution in [1.29, 1.82) is 0 Å². The van der Waals surface area contributed by atoms with Gasteiger partial charge in [-0.25, -0.2) is 0 Å². The monoisotopic (exact) mass is 250 g/mol. The molecule has 2 heteroatoms. The second-order valence-electron chi connectivity index (χ2n) is 3.62. The molecule has 0 spiro atoms. The number of hydrogen-bond acceptors (Lipinski definition) is 0. The molecule has 0 saturated carbocycles. The van der Waals surface area contributed by atoms with E-state index >= 15 is 0 Å². The normalized spacial score (nSPS) is 10.4. The van der Waals surface area contributed by atoms with Crippen LogP contribution in [0.25, 0.3) is 11.1 Å². The van der Waals surface area contributed by atoms with Crippen molar-refractivity contribution < 1.29 is 0 Å². The molecule has 0 atom stereocenters. The zero-order chi connectivity index (χ0) is 11.4. The van der Waals surface area contributed by atoms with Crippen LogP contribution in [0.5, 0.6) is 0 Å². The third-order valence-corrected chi connectivity index (χ3v) is 3.15. The van der Waals surface area contributed by atoms with Gasteiger partial charge >= 0.3 is 0 Å². The molecule has 0 amide bonds. The van der Waals surface area contributed by atoms with E-state index in [1.54, 1.807) is 0 Å². The van der Waals surface area contributed by atoms with E-state index in [-0.39, 0.29) is 0 Å². The van der Waals surface area contributed by atoms with Gasteiger partial charge in [0.25, 0.3) is 0 Å². The van der Waals surface area contributed by atoms with Crippen molar-refractivity contribution in [3.63, 3.8) is 0 Å². The van der Waals surface area contributed by atoms with Crippen LogP contribution in [-0.2, 0) is 11.8 Å². The Morgan fingerprint density at radius 3 is 2.38 bits per heavy atom. The molecule has 0 bridgehead atoms. The first-order valence-corrected chi connectivity index (χ1v) is 6.21. The highest BCUT2D eigenvalue weighted by Gasteiger charge is 2.03. The van der Waals surface area contributed by atoms with Gasteiger partial charge in [0.15, 0.2) is 0 Å². The Hall–Kier alpha value is -0.980. The summed E-state index contributed by atoms with van der Waals surface area (Å²) >= 11 is 11.8. The Morgan fingerprint density at radius 1 is 0.812 bits per heavy atom. The van der Waals surface area contributed by atoms with Gasteiger partial charge < -0.3 is 0 Å². The third-order valence-electron chi connectivity index (χ3n) is 2.55. The molecule has 0 aliphatic heterocycles. The molecule has 2 rings (SSSR count). The Kier molecular flexibility index (Phi) is 3.87. The van der Waals surface area contributed by atoms with Crippen LogP contribution in [0.15, 0.2) is 48.5 Å². The fourth-order valence-corrected chi connectivity index (χ4v) is 2.14. The summed E-state index contributed by atoms with van der Waals surface area (Å²) in [7, 11) is 0. The summed E-state index contributed by atoms with van der Waals surface area (Å²) in [5.74, 6) is 1.07. The molecule has 2 aromatic carbocycles. The topological polar surface area (TPSA) is 0 Å². The molecule has 16 heavy (non-hydrogen) atoms. The second kappa shape index (κ2) is 5.38. The Bertz CT molecular complexity index is 478. The molecule has 0 aromatic heterocycles. The fourth-order valence-electron chi connectivity index (χ4n) is 1.74. The lowest BCUT2D eigenvalue weighted by Crippen LogP contribution is -1.87. The van der Waals surface area contributed by atoms with Crippen molar-refractivity contribution in [3.8, 4) is 11.1 Å². The Labute approximate surface area is 106 Å². The molecule has 2 aromatic rings. The van der Waals surface area contributed by atoms with Crippen molar-refractivity contribution in [2.75, 3.05) is 0 Å². The van der Waals surface area contributed by atoms with E-state index in [9.17, 15) is 0 Å². The zero-order valence-corrected chi connectivity index (χ0v) is 10.3. The minimum atomic E-state index is 0.529. The number of alkyl halides is 2. The van der Waals surface area contributed by atoms with E-state index in [1.807, 2.05) is 24.3 Å². The first-order valence-electron chi connectivity index (χ1n) is 5.14. The molecule has 0 fully saturated rings. The van der Waals surface area contributed by atoms with Gasteiger partial charge in [0, 0.05) is 11.8 Å². The van der Waals surface area contributed by atoms with Crippen molar-refractivity contribution in [2.45, 2.75) is 11.8 Å². The van der Waals surface area contributed by atoms with Crippen LogP contribution in [0.1, 0.15) is 11.1 Å². The van der Waals surface area contributed by atoms with Crippen LogP contribution < -0.4 is 0 Å². The summed E-state index contributed by atoms with van der Waals surface area (Å²) in [6.45, 7) is 0. The van der Waals surface area contributed by atoms with Crippen LogP contribution >= 0.6 is 23.2 Å². The number of benzene rings is 2. The van der Waals surface area contributed by atoms with E-state index in [1.165, 1.54) is 11.1 Å². The van der Waals surface area contributed by atoms with Gasteiger partial charge in [-0.3, -0.25) is 0 Å². The zero-order valence-electron chi connectivity index (χ0n) is 8.79. The van der Waals surface area contributed by atoms with Gasteiger partial charge in [0.05, 0.1) is 0 Å². The summed E-state index contributed by atoms with van der Waals surface area (Å²) < 4.78 is 0. The second-order valence-corrected chi connectivity index (χ2v) is 4.16. The molecule has 0 saturated heterocycles. The molecule has 0 N–H and O–H groups in total. The molecule has 0 heterocycles. The summed E-state index contributed by atoms with van der Waals surface area (Å²) in [6.07, 6.45) is 0. The molecule has 0 radical (unpaired) electrons. The summed E-state index contributed by atoms with van der Waals surface area (Å²) in [5, 5.41) is 0. The summed E-state index contributed by atoms with van der Waals surface area (Å²) in [5.41, 5.74) is 4.64. The van der Waals surface area contributed by atoms with Gasteiger partial charge in [0.1, 0.15) is 0 Å². The van der Waals surface area contributed by atoms with E-state index in [2.05, 4.69) is 24.3 Å². The first-order chi connectivity index (χ1) is 7.85. The van der Waals surface area contributed by atoms with Gasteiger partial charge in [-0.1, -0.05) is 42.5 Å². The number of halogens is 2. The molecule has 0 unspecified atom stereocenters. The minimum absolute atomic E-state index is 0.529. The maximum absolute atomic E-state index is 5.93. The van der Waals surface area contributed by atoms with Crippen LogP contribution in [0.2, 0.25) is 0 Å². The lowest BCUT2D eigenvalue weighted by molar-refractivity contribution is 1.37. The fraction of sp³-hybridized carbons (Fsp3) is 0.143. The first kappa shape index (κ1) is 11.5. The lowest BCUT2D eigenvalue weighted by Gasteiger charge is -2.08. The smallest absolute Gasteiger partial charge is 0.0480 e. The van der Waals surface area contributed by atoms with Gasteiger partial charge in [-0.15, -0.1) is 23.2 Å². The average molecular weight is 251 g/mol. The van der Waals surface area contributed by atoms with Crippen LogP contribution in [0.3, 0.4) is 0 Å². The largest absolute Gasteiger partial charge is 0.122 e. The van der Waals surface area contributed by atoms with E-state index < -0.39 is 0 Å². The lowest BCUT2D eigenvalue weighted by atomic mass is 9.99. The highest BCUT2D eigenvalue weighted by molar-refractivity contribution is 6.17. The maximum Gasteiger partial charge on any atom is 0.0480 e. The van der Waals surface area contributed by atoms with Gasteiger partial charge in [-0.05, 0) is 28.3 Å². The van der Waals surface area contributed by atoms with E-state index in [4.69, 9.17) is 23.2 Å². The van der Waals surface area contributed by atoms with Crippen molar-refractivity contribution in [1.82, 2.24) is 0 Å². The SMILES string of the molecule is ClCc1cccc(-c2ccccc2CCl)c1. The molecule has 82 valence electrons. The third kappa shape index (κ3) is 2.40. The predicted octanol–water partition coefficient (Wildman–Crippen LogP) is 4.83. The van der Waals surface area contributed by atoms with Crippen LogP contribution in [0.4, 0.5) is 0 Å². The summed E-state index contributed by atoms with van der Waals surface area (Å²) in [4.78, 5) is 0. The maximum atomic E-state index is 5.93. The average Bonchev–Trinajstić information content (AvgIpc) is 2.38. The summed E-state index contributed by atoms with van der Waals surface area (Å²) in [6, 6.07) is 16.4. The van der Waals surface area contributed by atoms with Crippen molar-refractivity contribution >= 4 is 23.2 Å². The predicted molar refractivity (Wildman–Crippen MR) is 71.0 cm³/mol. The quantitative estimate of drug-likeness (QED) is 0.685. The highest BCUT2D eigenvalue weighted by Crippen LogP contribution is 2.25. The molecular formula is C14H12Cl2. The molecular weight excluding hydrogens is 239 g/mol. The number of hydrogen-bond donors (Lipinski definition) is 0. The van der Waals surface area contributed by atoms with Crippen LogP contribution in [0, 0.1) is 0 Å². The molecule has 0 nitrogen and oxygen atoms in total. The Balaban J connectivity index is 2.49. The van der Waals surface area contributed by atoms with E-state index in [0.29, 0.717) is 11.8 Å². The van der Waals surface area contributed by atoms with Gasteiger partial charge in [0.2, 0.25) is 0 Å². The molecule has 0 aliphatic carbocycles.